The zero-order chi connectivity index (χ0) is 9.64. The normalized spacial score (nSPS) is 25.6. The molecule has 1 heterocycles. The van der Waals surface area contributed by atoms with Gasteiger partial charge in [-0.25, -0.2) is 0 Å². The molecular formula is C9H8BrNO2. The van der Waals surface area contributed by atoms with Crippen LogP contribution in [0.15, 0.2) is 22.7 Å². The lowest BCUT2D eigenvalue weighted by Crippen LogP contribution is -2.30. The molecule has 13 heavy (non-hydrogen) atoms. The Balaban J connectivity index is 2.62. The molecule has 1 aliphatic heterocycles. The molecule has 0 aliphatic carbocycles. The number of benzene rings is 1. The summed E-state index contributed by atoms with van der Waals surface area (Å²) in [5.41, 5.74) is -0.0965. The maximum atomic E-state index is 11.3. The Labute approximate surface area is 83.9 Å². The third-order valence-corrected chi connectivity index (χ3v) is 2.69. The Bertz CT molecular complexity index is 387. The van der Waals surface area contributed by atoms with Crippen LogP contribution in [0.3, 0.4) is 0 Å². The van der Waals surface area contributed by atoms with E-state index in [2.05, 4.69) is 21.2 Å². The maximum absolute atomic E-state index is 11.3. The fraction of sp³-hybridized carbons (Fsp3) is 0.222. The molecule has 0 bridgehead atoms. The minimum Gasteiger partial charge on any atom is -0.375 e. The first kappa shape index (κ1) is 8.72. The largest absolute Gasteiger partial charge is 0.375 e. The minimum atomic E-state index is -1.39. The summed E-state index contributed by atoms with van der Waals surface area (Å²) in [5.74, 6) is -0.374. The Hall–Kier alpha value is -0.870. The van der Waals surface area contributed by atoms with Gasteiger partial charge in [-0.15, -0.1) is 0 Å². The number of rotatable bonds is 0. The summed E-state index contributed by atoms with van der Waals surface area (Å²) in [7, 11) is 0. The van der Waals surface area contributed by atoms with Crippen molar-refractivity contribution in [2.24, 2.45) is 0 Å². The molecule has 0 aromatic heterocycles. The van der Waals surface area contributed by atoms with E-state index in [1.54, 1.807) is 18.2 Å². The van der Waals surface area contributed by atoms with Crippen molar-refractivity contribution in [2.75, 3.05) is 5.32 Å². The van der Waals surface area contributed by atoms with Crippen molar-refractivity contribution in [2.45, 2.75) is 12.5 Å². The highest BCUT2D eigenvalue weighted by Gasteiger charge is 2.40. The highest BCUT2D eigenvalue weighted by atomic mass is 79.9. The van der Waals surface area contributed by atoms with Gasteiger partial charge in [0, 0.05) is 15.7 Å². The van der Waals surface area contributed by atoms with E-state index in [0.29, 0.717) is 11.3 Å². The van der Waals surface area contributed by atoms with Gasteiger partial charge >= 0.3 is 0 Å². The Morgan fingerprint density at radius 2 is 2.23 bits per heavy atom. The molecule has 68 valence electrons. The van der Waals surface area contributed by atoms with E-state index in [1.165, 1.54) is 6.92 Å². The lowest BCUT2D eigenvalue weighted by atomic mass is 9.98. The van der Waals surface area contributed by atoms with Crippen molar-refractivity contribution in [3.8, 4) is 0 Å². The monoisotopic (exact) mass is 241 g/mol. The molecule has 1 aliphatic rings. The van der Waals surface area contributed by atoms with Crippen LogP contribution in [0.1, 0.15) is 12.5 Å². The van der Waals surface area contributed by atoms with Gasteiger partial charge in [0.1, 0.15) is 0 Å². The van der Waals surface area contributed by atoms with Gasteiger partial charge in [-0.2, -0.15) is 0 Å². The minimum absolute atomic E-state index is 0.374. The molecule has 4 heteroatoms. The topological polar surface area (TPSA) is 49.3 Å². The predicted octanol–water partition coefficient (Wildman–Crippen LogP) is 1.61. The van der Waals surface area contributed by atoms with Crippen LogP contribution in [0.4, 0.5) is 5.69 Å². The Morgan fingerprint density at radius 1 is 1.54 bits per heavy atom. The summed E-state index contributed by atoms with van der Waals surface area (Å²) in [6, 6.07) is 5.31. The van der Waals surface area contributed by atoms with Crippen LogP contribution in [0.5, 0.6) is 0 Å². The fourth-order valence-electron chi connectivity index (χ4n) is 1.41. The second kappa shape index (κ2) is 2.56. The number of amides is 1. The van der Waals surface area contributed by atoms with Crippen LogP contribution < -0.4 is 5.32 Å². The molecule has 0 radical (unpaired) electrons. The first-order valence-electron chi connectivity index (χ1n) is 3.85. The van der Waals surface area contributed by atoms with Crippen LogP contribution in [-0.2, 0) is 10.4 Å². The number of carbonyl (C=O) groups is 1. The number of nitrogens with one attached hydrogen (secondary N) is 1. The molecule has 2 N–H and O–H groups in total. The van der Waals surface area contributed by atoms with Gasteiger partial charge in [-0.05, 0) is 19.1 Å². The van der Waals surface area contributed by atoms with Gasteiger partial charge in [0.05, 0.1) is 0 Å². The van der Waals surface area contributed by atoms with Gasteiger partial charge in [0.2, 0.25) is 0 Å². The first-order valence-corrected chi connectivity index (χ1v) is 4.65. The van der Waals surface area contributed by atoms with Crippen LogP contribution >= 0.6 is 15.9 Å². The van der Waals surface area contributed by atoms with Crippen LogP contribution in [0.25, 0.3) is 0 Å². The van der Waals surface area contributed by atoms with E-state index in [1.807, 2.05) is 0 Å². The predicted molar refractivity (Wildman–Crippen MR) is 52.3 cm³/mol. The molecule has 1 amide bonds. The van der Waals surface area contributed by atoms with E-state index in [0.717, 1.165) is 4.47 Å². The Kier molecular flexibility index (Phi) is 1.72. The van der Waals surface area contributed by atoms with Crippen molar-refractivity contribution < 1.29 is 9.90 Å². The van der Waals surface area contributed by atoms with Crippen LogP contribution in [0.2, 0.25) is 0 Å². The van der Waals surface area contributed by atoms with Crippen molar-refractivity contribution >= 4 is 27.5 Å². The molecule has 3 nitrogen and oxygen atoms in total. The van der Waals surface area contributed by atoms with E-state index in [-0.39, 0.29) is 5.91 Å². The zero-order valence-electron chi connectivity index (χ0n) is 6.97. The number of anilines is 1. The van der Waals surface area contributed by atoms with Crippen molar-refractivity contribution in [3.63, 3.8) is 0 Å². The van der Waals surface area contributed by atoms with Crippen molar-refractivity contribution in [1.82, 2.24) is 0 Å². The van der Waals surface area contributed by atoms with Gasteiger partial charge in [-0.1, -0.05) is 22.0 Å². The van der Waals surface area contributed by atoms with Gasteiger partial charge in [-0.3, -0.25) is 4.79 Å². The van der Waals surface area contributed by atoms with Gasteiger partial charge < -0.3 is 10.4 Å². The zero-order valence-corrected chi connectivity index (χ0v) is 8.55. The highest BCUT2D eigenvalue weighted by Crippen LogP contribution is 2.36. The lowest BCUT2D eigenvalue weighted by Gasteiger charge is -2.13. The second-order valence-electron chi connectivity index (χ2n) is 3.22. The van der Waals surface area contributed by atoms with E-state index < -0.39 is 5.60 Å². The standard InChI is InChI=1S/C9H8BrNO2/c1-9(13)6-3-2-5(10)4-7(6)11-8(9)12/h2-4,13H,1H3,(H,11,12)/t9-/m0/s1. The number of fused-ring (bicyclic) bond motifs is 1. The molecule has 1 aromatic carbocycles. The van der Waals surface area contributed by atoms with Crippen molar-refractivity contribution in [3.05, 3.63) is 28.2 Å². The molecule has 0 spiro atoms. The molecule has 0 saturated carbocycles. The van der Waals surface area contributed by atoms with E-state index in [4.69, 9.17) is 0 Å². The number of hydrogen-bond acceptors (Lipinski definition) is 2. The average Bonchev–Trinajstić information content (AvgIpc) is 2.23. The molecule has 0 unspecified atom stereocenters. The fourth-order valence-corrected chi connectivity index (χ4v) is 1.77. The van der Waals surface area contributed by atoms with E-state index >= 15 is 0 Å². The van der Waals surface area contributed by atoms with Crippen molar-refractivity contribution in [1.29, 1.82) is 0 Å². The highest BCUT2D eigenvalue weighted by molar-refractivity contribution is 9.10. The first-order chi connectivity index (χ1) is 6.01. The molecule has 0 saturated heterocycles. The summed E-state index contributed by atoms with van der Waals surface area (Å²) >= 11 is 3.29. The average molecular weight is 242 g/mol. The quantitative estimate of drug-likeness (QED) is 0.726. The number of carbonyl (C=O) groups excluding carboxylic acids is 1. The molecular weight excluding hydrogens is 234 g/mol. The molecule has 0 fully saturated rings. The van der Waals surface area contributed by atoms with E-state index in [9.17, 15) is 9.90 Å². The van der Waals surface area contributed by atoms with Gasteiger partial charge in [0.15, 0.2) is 5.60 Å². The summed E-state index contributed by atoms with van der Waals surface area (Å²) < 4.78 is 0.879. The lowest BCUT2D eigenvalue weighted by molar-refractivity contribution is -0.131. The van der Waals surface area contributed by atoms with Gasteiger partial charge in [0.25, 0.3) is 5.91 Å². The number of halogens is 1. The number of hydrogen-bond donors (Lipinski definition) is 2. The second-order valence-corrected chi connectivity index (χ2v) is 4.13. The summed E-state index contributed by atoms with van der Waals surface area (Å²) in [5, 5.41) is 12.4. The summed E-state index contributed by atoms with van der Waals surface area (Å²) in [4.78, 5) is 11.3. The summed E-state index contributed by atoms with van der Waals surface area (Å²) in [6.45, 7) is 1.49. The van der Waals surface area contributed by atoms with Crippen LogP contribution in [-0.4, -0.2) is 11.0 Å². The molecule has 1 aromatic rings. The van der Waals surface area contributed by atoms with Crippen LogP contribution in [0, 0.1) is 0 Å². The number of aliphatic hydroxyl groups is 1. The smallest absolute Gasteiger partial charge is 0.260 e. The molecule has 1 atom stereocenters. The third kappa shape index (κ3) is 1.17. The maximum Gasteiger partial charge on any atom is 0.260 e. The Morgan fingerprint density at radius 3 is 2.92 bits per heavy atom. The summed E-state index contributed by atoms with van der Waals surface area (Å²) in [6.07, 6.45) is 0. The SMILES string of the molecule is C[C@@]1(O)C(=O)Nc2cc(Br)ccc21. The molecule has 2 rings (SSSR count). The third-order valence-electron chi connectivity index (χ3n) is 2.20.